The summed E-state index contributed by atoms with van der Waals surface area (Å²) in [6.45, 7) is 6.26. The van der Waals surface area contributed by atoms with Gasteiger partial charge in [0.1, 0.15) is 11.6 Å². The number of anilines is 3. The van der Waals surface area contributed by atoms with E-state index >= 15 is 0 Å². The molecule has 206 valence electrons. The third kappa shape index (κ3) is 6.71. The van der Waals surface area contributed by atoms with E-state index in [0.717, 1.165) is 55.7 Å². The molecule has 2 aliphatic heterocycles. The highest BCUT2D eigenvalue weighted by atomic mass is 35.5. The Morgan fingerprint density at radius 3 is 2.29 bits per heavy atom. The topological polar surface area (TPSA) is 56.3 Å². The molecule has 0 unspecified atom stereocenters. The Labute approximate surface area is 238 Å². The van der Waals surface area contributed by atoms with Gasteiger partial charge >= 0.3 is 0 Å². The summed E-state index contributed by atoms with van der Waals surface area (Å²) < 4.78 is 0. The van der Waals surface area contributed by atoms with Crippen molar-refractivity contribution in [2.45, 2.75) is 95.4 Å². The van der Waals surface area contributed by atoms with Gasteiger partial charge in [-0.3, -0.25) is 0 Å². The molecule has 0 amide bonds. The van der Waals surface area contributed by atoms with Crippen LogP contribution in [-0.2, 0) is 5.41 Å². The molecule has 38 heavy (non-hydrogen) atoms. The first-order chi connectivity index (χ1) is 18.5. The number of hydrogen-bond acceptors (Lipinski definition) is 5. The fourth-order valence-corrected chi connectivity index (χ4v) is 6.81. The minimum absolute atomic E-state index is 0.0672. The SMILES string of the molecule is C[C@H]1CCCCN1c1cc(N2CCCCCC2)nc(NC(=S)NCC2(c3ccc(Cl)cc3)CCCCC2)n1. The van der Waals surface area contributed by atoms with Crippen molar-refractivity contribution in [3.8, 4) is 0 Å². The molecule has 2 aromatic rings. The van der Waals surface area contributed by atoms with Gasteiger partial charge in [0.25, 0.3) is 0 Å². The Kier molecular flexibility index (Phi) is 9.26. The molecule has 8 heteroatoms. The van der Waals surface area contributed by atoms with E-state index in [2.05, 4.69) is 45.6 Å². The molecule has 1 saturated carbocycles. The molecule has 1 aliphatic carbocycles. The number of thiocarbonyl (C=S) groups is 1. The van der Waals surface area contributed by atoms with Crippen LogP contribution in [0.15, 0.2) is 30.3 Å². The maximum Gasteiger partial charge on any atom is 0.232 e. The maximum atomic E-state index is 6.20. The number of aromatic nitrogens is 2. The molecule has 1 aromatic heterocycles. The zero-order valence-corrected chi connectivity index (χ0v) is 24.4. The second-order valence-electron chi connectivity index (χ2n) is 11.5. The first-order valence-corrected chi connectivity index (χ1v) is 15.5. The van der Waals surface area contributed by atoms with Crippen LogP contribution in [0.3, 0.4) is 0 Å². The van der Waals surface area contributed by atoms with Crippen molar-refractivity contribution in [1.82, 2.24) is 15.3 Å². The summed E-state index contributed by atoms with van der Waals surface area (Å²) in [6, 6.07) is 11.1. The van der Waals surface area contributed by atoms with Crippen LogP contribution < -0.4 is 20.4 Å². The van der Waals surface area contributed by atoms with Crippen molar-refractivity contribution in [2.75, 3.05) is 41.3 Å². The highest BCUT2D eigenvalue weighted by Crippen LogP contribution is 2.39. The van der Waals surface area contributed by atoms with E-state index in [0.29, 0.717) is 17.1 Å². The van der Waals surface area contributed by atoms with Crippen molar-refractivity contribution in [1.29, 1.82) is 0 Å². The molecule has 6 nitrogen and oxygen atoms in total. The van der Waals surface area contributed by atoms with Crippen molar-refractivity contribution in [3.05, 3.63) is 40.9 Å². The second-order valence-corrected chi connectivity index (χ2v) is 12.3. The zero-order chi connectivity index (χ0) is 26.4. The predicted octanol–water partition coefficient (Wildman–Crippen LogP) is 7.08. The van der Waals surface area contributed by atoms with Gasteiger partial charge in [-0.05, 0) is 81.8 Å². The van der Waals surface area contributed by atoms with Crippen molar-refractivity contribution in [3.63, 3.8) is 0 Å². The summed E-state index contributed by atoms with van der Waals surface area (Å²) in [6.07, 6.45) is 14.8. The summed E-state index contributed by atoms with van der Waals surface area (Å²) in [4.78, 5) is 14.8. The van der Waals surface area contributed by atoms with E-state index in [4.69, 9.17) is 33.8 Å². The number of benzene rings is 1. The van der Waals surface area contributed by atoms with Gasteiger partial charge in [0.05, 0.1) is 0 Å². The fraction of sp³-hybridized carbons (Fsp3) is 0.633. The molecular weight excluding hydrogens is 512 g/mol. The molecule has 5 rings (SSSR count). The standard InChI is InChI=1S/C30H43ClN6S/c1-23-11-5-10-20-37(23)27-21-26(36-18-8-2-3-9-19-36)33-28(34-27)35-29(38)32-22-30(16-6-4-7-17-30)24-12-14-25(31)15-13-24/h12-15,21,23H,2-11,16-20,22H2,1H3,(H2,32,33,34,35,38)/t23-/m0/s1. The van der Waals surface area contributed by atoms with Gasteiger partial charge < -0.3 is 20.4 Å². The maximum absolute atomic E-state index is 6.20. The van der Waals surface area contributed by atoms with E-state index in [9.17, 15) is 0 Å². The van der Waals surface area contributed by atoms with Crippen LogP contribution in [0.2, 0.25) is 5.02 Å². The largest absolute Gasteiger partial charge is 0.361 e. The molecule has 0 radical (unpaired) electrons. The van der Waals surface area contributed by atoms with Crippen LogP contribution in [0.4, 0.5) is 17.6 Å². The number of nitrogens with one attached hydrogen (secondary N) is 2. The molecule has 1 aromatic carbocycles. The van der Waals surface area contributed by atoms with Gasteiger partial charge in [-0.25, -0.2) is 0 Å². The van der Waals surface area contributed by atoms with E-state index in [1.54, 1.807) is 0 Å². The van der Waals surface area contributed by atoms with Crippen molar-refractivity contribution >= 4 is 46.5 Å². The van der Waals surface area contributed by atoms with Crippen LogP contribution in [0.1, 0.15) is 89.5 Å². The molecule has 0 bridgehead atoms. The molecule has 3 aliphatic rings. The van der Waals surface area contributed by atoms with E-state index < -0.39 is 0 Å². The number of nitrogens with zero attached hydrogens (tertiary/aromatic N) is 4. The second kappa shape index (κ2) is 12.8. The summed E-state index contributed by atoms with van der Waals surface area (Å²) in [5.41, 5.74) is 1.41. The number of hydrogen-bond donors (Lipinski definition) is 2. The first-order valence-electron chi connectivity index (χ1n) is 14.7. The molecule has 2 saturated heterocycles. The Balaban J connectivity index is 1.33. The van der Waals surface area contributed by atoms with Gasteiger partial charge in [0.2, 0.25) is 5.95 Å². The van der Waals surface area contributed by atoms with Crippen LogP contribution in [-0.4, -0.2) is 47.3 Å². The predicted molar refractivity (Wildman–Crippen MR) is 164 cm³/mol. The fourth-order valence-electron chi connectivity index (χ4n) is 6.52. The Bertz CT molecular complexity index is 1060. The molecule has 0 spiro atoms. The lowest BCUT2D eigenvalue weighted by Crippen LogP contribution is -2.43. The summed E-state index contributed by atoms with van der Waals surface area (Å²) >= 11 is 12.0. The van der Waals surface area contributed by atoms with Crippen LogP contribution >= 0.6 is 23.8 Å². The van der Waals surface area contributed by atoms with Gasteiger partial charge in [-0.1, -0.05) is 55.8 Å². The average molecular weight is 555 g/mol. The van der Waals surface area contributed by atoms with Crippen molar-refractivity contribution in [2.24, 2.45) is 0 Å². The zero-order valence-electron chi connectivity index (χ0n) is 22.9. The minimum Gasteiger partial charge on any atom is -0.361 e. The minimum atomic E-state index is 0.0672. The monoisotopic (exact) mass is 554 g/mol. The summed E-state index contributed by atoms with van der Waals surface area (Å²) in [7, 11) is 0. The molecule has 1 atom stereocenters. The van der Waals surface area contributed by atoms with Crippen LogP contribution in [0.25, 0.3) is 0 Å². The highest BCUT2D eigenvalue weighted by Gasteiger charge is 2.34. The Hall–Kier alpha value is -2.12. The van der Waals surface area contributed by atoms with E-state index in [1.165, 1.54) is 69.8 Å². The number of piperidine rings is 1. The van der Waals surface area contributed by atoms with Gasteiger partial charge in [0, 0.05) is 48.7 Å². The highest BCUT2D eigenvalue weighted by molar-refractivity contribution is 7.80. The van der Waals surface area contributed by atoms with Gasteiger partial charge in [-0.15, -0.1) is 0 Å². The number of rotatable bonds is 6. The Morgan fingerprint density at radius 1 is 0.921 bits per heavy atom. The molecule has 3 heterocycles. The average Bonchev–Trinajstić information content (AvgIpc) is 3.23. The molecular formula is C30H43ClN6S. The van der Waals surface area contributed by atoms with Gasteiger partial charge in [0.15, 0.2) is 5.11 Å². The third-order valence-corrected chi connectivity index (χ3v) is 9.30. The normalized spacial score (nSPS) is 22.0. The van der Waals surface area contributed by atoms with E-state index in [-0.39, 0.29) is 5.41 Å². The van der Waals surface area contributed by atoms with E-state index in [1.807, 2.05) is 12.1 Å². The molecule has 2 N–H and O–H groups in total. The lowest BCUT2D eigenvalue weighted by atomic mass is 9.69. The lowest BCUT2D eigenvalue weighted by Gasteiger charge is -2.38. The Morgan fingerprint density at radius 2 is 1.58 bits per heavy atom. The van der Waals surface area contributed by atoms with Gasteiger partial charge in [-0.2, -0.15) is 9.97 Å². The van der Waals surface area contributed by atoms with Crippen molar-refractivity contribution < 1.29 is 0 Å². The summed E-state index contributed by atoms with van der Waals surface area (Å²) in [5, 5.41) is 8.30. The van der Waals surface area contributed by atoms with Crippen LogP contribution in [0.5, 0.6) is 0 Å². The first kappa shape index (κ1) is 27.4. The smallest absolute Gasteiger partial charge is 0.232 e. The quantitative estimate of drug-likeness (QED) is 0.370. The third-order valence-electron chi connectivity index (χ3n) is 8.81. The lowest BCUT2D eigenvalue weighted by molar-refractivity contribution is 0.292. The molecule has 3 fully saturated rings. The van der Waals surface area contributed by atoms with Crippen LogP contribution in [0, 0.1) is 0 Å². The summed E-state index contributed by atoms with van der Waals surface area (Å²) in [5.74, 6) is 2.63. The number of halogens is 1.